The van der Waals surface area contributed by atoms with E-state index in [-0.39, 0.29) is 6.42 Å². The number of hydrogen-bond acceptors (Lipinski definition) is 3. The molecule has 1 rings (SSSR count). The molecule has 0 aliphatic heterocycles. The molecule has 0 saturated carbocycles. The van der Waals surface area contributed by atoms with Crippen LogP contribution in [0.1, 0.15) is 12.1 Å². The molecule has 0 radical (unpaired) electrons. The quantitative estimate of drug-likeness (QED) is 0.761. The minimum atomic E-state index is -0.433. The predicted molar refractivity (Wildman–Crippen MR) is 51.2 cm³/mol. The summed E-state index contributed by atoms with van der Waals surface area (Å²) in [6, 6.07) is 0. The lowest BCUT2D eigenvalue weighted by molar-refractivity contribution is -0.111. The summed E-state index contributed by atoms with van der Waals surface area (Å²) in [4.78, 5) is 10.5. The third kappa shape index (κ3) is 3.10. The number of halogens is 3. The molecule has 0 aliphatic carbocycles. The van der Waals surface area contributed by atoms with Crippen molar-refractivity contribution in [3.05, 3.63) is 21.9 Å². The molecule has 1 aromatic rings. The van der Waals surface area contributed by atoms with Gasteiger partial charge in [0.15, 0.2) is 0 Å². The van der Waals surface area contributed by atoms with Crippen LogP contribution in [0, 0.1) is 0 Å². The van der Waals surface area contributed by atoms with Crippen LogP contribution in [0.2, 0.25) is 10.0 Å². The van der Waals surface area contributed by atoms with Crippen LogP contribution in [0.25, 0.3) is 0 Å². The number of carbonyl (C=O) groups is 1. The highest BCUT2D eigenvalue weighted by molar-refractivity contribution is 6.63. The molecule has 3 nitrogen and oxygen atoms in total. The van der Waals surface area contributed by atoms with E-state index in [1.165, 1.54) is 6.20 Å². The molecule has 6 heteroatoms. The van der Waals surface area contributed by atoms with E-state index in [9.17, 15) is 4.79 Å². The molecule has 0 spiro atoms. The van der Waals surface area contributed by atoms with E-state index in [1.54, 1.807) is 0 Å². The second kappa shape index (κ2) is 4.74. The Morgan fingerprint density at radius 1 is 1.46 bits per heavy atom. The molecule has 70 valence electrons. The third-order valence-corrected chi connectivity index (χ3v) is 2.36. The van der Waals surface area contributed by atoms with E-state index in [0.717, 1.165) is 0 Å². The third-order valence-electron chi connectivity index (χ3n) is 1.37. The summed E-state index contributed by atoms with van der Waals surface area (Å²) in [7, 11) is 0. The maximum atomic E-state index is 10.5. The first-order chi connectivity index (χ1) is 6.11. The molecule has 0 saturated heterocycles. The monoisotopic (exact) mass is 238 g/mol. The number of aryl methyl sites for hydroxylation is 1. The smallest absolute Gasteiger partial charge is 0.222 e. The molecule has 1 aromatic heterocycles. The van der Waals surface area contributed by atoms with E-state index < -0.39 is 5.24 Å². The number of aromatic nitrogens is 2. The Balaban J connectivity index is 2.77. The van der Waals surface area contributed by atoms with Gasteiger partial charge in [-0.15, -0.1) is 0 Å². The van der Waals surface area contributed by atoms with Gasteiger partial charge in [0.05, 0.1) is 21.9 Å². The van der Waals surface area contributed by atoms with Crippen LogP contribution in [0.5, 0.6) is 0 Å². The lowest BCUT2D eigenvalue weighted by Gasteiger charge is -2.00. The fourth-order valence-corrected chi connectivity index (χ4v) is 1.19. The molecule has 0 fully saturated rings. The Hall–Kier alpha value is -0.380. The minimum Gasteiger partial charge on any atom is -0.281 e. The molecule has 0 unspecified atom stereocenters. The molecule has 0 bridgehead atoms. The molecule has 13 heavy (non-hydrogen) atoms. The van der Waals surface area contributed by atoms with Crippen molar-refractivity contribution < 1.29 is 4.79 Å². The first-order valence-corrected chi connectivity index (χ1v) is 4.58. The summed E-state index contributed by atoms with van der Waals surface area (Å²) in [6.45, 7) is 0. The van der Waals surface area contributed by atoms with Gasteiger partial charge < -0.3 is 0 Å². The van der Waals surface area contributed by atoms with Gasteiger partial charge in [-0.3, -0.25) is 4.79 Å². The topological polar surface area (TPSA) is 42.9 Å². The van der Waals surface area contributed by atoms with Crippen molar-refractivity contribution in [3.63, 3.8) is 0 Å². The summed E-state index contributed by atoms with van der Waals surface area (Å²) in [5.41, 5.74) is 0.489. The molecule has 1 heterocycles. The largest absolute Gasteiger partial charge is 0.281 e. The number of nitrogens with zero attached hydrogens (tertiary/aromatic N) is 2. The minimum absolute atomic E-state index is 0.177. The number of hydrogen-bond donors (Lipinski definition) is 0. The van der Waals surface area contributed by atoms with Crippen LogP contribution in [0.15, 0.2) is 6.20 Å². The standard InChI is InChI=1S/C7H5Cl3N2O/c8-4-3-11-12-5(7(4)10)1-2-6(9)13/h3H,1-2H2. The van der Waals surface area contributed by atoms with E-state index in [1.807, 2.05) is 0 Å². The van der Waals surface area contributed by atoms with E-state index in [2.05, 4.69) is 10.2 Å². The molecule has 0 atom stereocenters. The van der Waals surface area contributed by atoms with E-state index in [0.29, 0.717) is 22.2 Å². The van der Waals surface area contributed by atoms with E-state index >= 15 is 0 Å². The van der Waals surface area contributed by atoms with Crippen LogP contribution in [0.3, 0.4) is 0 Å². The fraction of sp³-hybridized carbons (Fsp3) is 0.286. The zero-order valence-electron chi connectivity index (χ0n) is 6.43. The van der Waals surface area contributed by atoms with Crippen LogP contribution >= 0.6 is 34.8 Å². The molecular weight excluding hydrogens is 234 g/mol. The van der Waals surface area contributed by atoms with Crippen LogP contribution in [-0.4, -0.2) is 15.4 Å². The summed E-state index contributed by atoms with van der Waals surface area (Å²) in [5.74, 6) is 0. The Labute approximate surface area is 90.0 Å². The van der Waals surface area contributed by atoms with Crippen molar-refractivity contribution >= 4 is 40.0 Å². The van der Waals surface area contributed by atoms with E-state index in [4.69, 9.17) is 34.8 Å². The van der Waals surface area contributed by atoms with Gasteiger partial charge in [-0.25, -0.2) is 0 Å². The van der Waals surface area contributed by atoms with Gasteiger partial charge in [0.25, 0.3) is 0 Å². The van der Waals surface area contributed by atoms with Gasteiger partial charge in [0, 0.05) is 12.8 Å². The molecule has 0 amide bonds. The summed E-state index contributed by atoms with van der Waals surface area (Å²) >= 11 is 16.6. The highest BCUT2D eigenvalue weighted by Gasteiger charge is 2.08. The van der Waals surface area contributed by atoms with Crippen LogP contribution < -0.4 is 0 Å². The Bertz CT molecular complexity index is 330. The highest BCUT2D eigenvalue weighted by Crippen LogP contribution is 2.23. The Kier molecular flexibility index (Phi) is 3.90. The Morgan fingerprint density at radius 3 is 2.77 bits per heavy atom. The van der Waals surface area contributed by atoms with Gasteiger partial charge in [0.2, 0.25) is 5.24 Å². The average Bonchev–Trinajstić information content (AvgIpc) is 2.07. The average molecular weight is 239 g/mol. The molecular formula is C7H5Cl3N2O. The zero-order chi connectivity index (χ0) is 9.84. The summed E-state index contributed by atoms with van der Waals surface area (Å²) < 4.78 is 0. The van der Waals surface area contributed by atoms with Crippen molar-refractivity contribution in [1.82, 2.24) is 10.2 Å². The van der Waals surface area contributed by atoms with Crippen molar-refractivity contribution in [2.75, 3.05) is 0 Å². The second-order valence-corrected chi connectivity index (χ2v) is 3.52. The predicted octanol–water partition coefficient (Wildman–Crippen LogP) is 2.48. The van der Waals surface area contributed by atoms with Gasteiger partial charge >= 0.3 is 0 Å². The molecule has 0 aromatic carbocycles. The first kappa shape index (κ1) is 10.7. The lowest BCUT2D eigenvalue weighted by Crippen LogP contribution is -1.97. The van der Waals surface area contributed by atoms with Crippen molar-refractivity contribution in [1.29, 1.82) is 0 Å². The summed E-state index contributed by atoms with van der Waals surface area (Å²) in [5, 5.41) is 7.56. The Morgan fingerprint density at radius 2 is 2.15 bits per heavy atom. The fourth-order valence-electron chi connectivity index (χ4n) is 0.764. The van der Waals surface area contributed by atoms with Crippen molar-refractivity contribution in [2.45, 2.75) is 12.8 Å². The lowest BCUT2D eigenvalue weighted by atomic mass is 10.2. The highest BCUT2D eigenvalue weighted by atomic mass is 35.5. The van der Waals surface area contributed by atoms with Gasteiger partial charge in [0.1, 0.15) is 0 Å². The normalized spacial score (nSPS) is 10.1. The number of rotatable bonds is 3. The molecule has 0 aliphatic rings. The maximum absolute atomic E-state index is 10.5. The number of carbonyl (C=O) groups excluding carboxylic acids is 1. The molecule has 0 N–H and O–H groups in total. The SMILES string of the molecule is O=C(Cl)CCc1nncc(Cl)c1Cl. The van der Waals surface area contributed by atoms with Crippen molar-refractivity contribution in [2.24, 2.45) is 0 Å². The zero-order valence-corrected chi connectivity index (χ0v) is 8.70. The summed E-state index contributed by atoms with van der Waals surface area (Å²) in [6.07, 6.45) is 1.88. The van der Waals surface area contributed by atoms with Gasteiger partial charge in [-0.2, -0.15) is 10.2 Å². The van der Waals surface area contributed by atoms with Gasteiger partial charge in [-0.1, -0.05) is 23.2 Å². The van der Waals surface area contributed by atoms with Crippen LogP contribution in [0.4, 0.5) is 0 Å². The first-order valence-electron chi connectivity index (χ1n) is 3.45. The second-order valence-electron chi connectivity index (χ2n) is 2.31. The maximum Gasteiger partial charge on any atom is 0.222 e. The van der Waals surface area contributed by atoms with Crippen LogP contribution in [-0.2, 0) is 11.2 Å². The van der Waals surface area contributed by atoms with Gasteiger partial charge in [-0.05, 0) is 11.6 Å². The van der Waals surface area contributed by atoms with Crippen molar-refractivity contribution in [3.8, 4) is 0 Å².